The summed E-state index contributed by atoms with van der Waals surface area (Å²) in [7, 11) is 0. The van der Waals surface area contributed by atoms with Crippen molar-refractivity contribution in [2.75, 3.05) is 0 Å². The fraction of sp³-hybridized carbons (Fsp3) is 0.500. The van der Waals surface area contributed by atoms with E-state index in [1.165, 1.54) is 5.56 Å². The maximum atomic E-state index is 11.0. The lowest BCUT2D eigenvalue weighted by molar-refractivity contribution is -0.312. The first-order chi connectivity index (χ1) is 7.15. The molecule has 1 rings (SSSR count). The van der Waals surface area contributed by atoms with Crippen LogP contribution in [0.4, 0.5) is 0 Å². The van der Waals surface area contributed by atoms with Gasteiger partial charge in [0.15, 0.2) is 0 Å². The number of carboxylic acid groups (broad SMARTS) is 1. The first kappa shape index (κ1) is 12.8. The van der Waals surface area contributed by atoms with E-state index in [1.807, 2.05) is 24.3 Å². The number of carboxylic acids is 1. The van der Waals surface area contributed by atoms with Crippen LogP contribution in [0.2, 0.25) is 0 Å². The summed E-state index contributed by atoms with van der Waals surface area (Å²) in [5.74, 6) is -1.05. The monoisotopic (exact) mass is 219 g/mol. The predicted molar refractivity (Wildman–Crippen MR) is 63.2 cm³/mol. The molecule has 0 atom stereocenters. The fourth-order valence-electron chi connectivity index (χ4n) is 1.50. The van der Waals surface area contributed by atoms with Gasteiger partial charge in [-0.05, 0) is 16.5 Å². The molecule has 0 fully saturated rings. The van der Waals surface area contributed by atoms with Crippen molar-refractivity contribution >= 4 is 5.97 Å². The zero-order valence-corrected chi connectivity index (χ0v) is 10.6. The van der Waals surface area contributed by atoms with Gasteiger partial charge in [0, 0.05) is 5.41 Å². The molecule has 88 valence electrons. The van der Waals surface area contributed by atoms with E-state index in [1.54, 1.807) is 13.8 Å². The smallest absolute Gasteiger partial charge is 0.0514 e. The summed E-state index contributed by atoms with van der Waals surface area (Å²) < 4.78 is 0. The van der Waals surface area contributed by atoms with E-state index in [4.69, 9.17) is 0 Å². The van der Waals surface area contributed by atoms with Crippen molar-refractivity contribution in [1.29, 1.82) is 0 Å². The Balaban J connectivity index is 3.09. The molecule has 16 heavy (non-hydrogen) atoms. The van der Waals surface area contributed by atoms with E-state index >= 15 is 0 Å². The SMILES string of the molecule is CC(C)(C)c1ccc(C(C)(C)C(=O)[O-])cc1. The summed E-state index contributed by atoms with van der Waals surface area (Å²) in [6, 6.07) is 7.72. The van der Waals surface area contributed by atoms with Crippen molar-refractivity contribution in [3.8, 4) is 0 Å². The molecule has 0 saturated heterocycles. The minimum atomic E-state index is -1.05. The van der Waals surface area contributed by atoms with Crippen LogP contribution in [0.5, 0.6) is 0 Å². The largest absolute Gasteiger partial charge is 0.549 e. The summed E-state index contributed by atoms with van der Waals surface area (Å²) in [4.78, 5) is 11.0. The van der Waals surface area contributed by atoms with Gasteiger partial charge in [-0.25, -0.2) is 0 Å². The molecule has 0 amide bonds. The molecule has 0 saturated carbocycles. The summed E-state index contributed by atoms with van der Waals surface area (Å²) in [5.41, 5.74) is 1.13. The summed E-state index contributed by atoms with van der Waals surface area (Å²) >= 11 is 0. The van der Waals surface area contributed by atoms with Crippen molar-refractivity contribution in [2.45, 2.75) is 45.4 Å². The normalized spacial score (nSPS) is 12.6. The maximum absolute atomic E-state index is 11.0. The summed E-state index contributed by atoms with van der Waals surface area (Å²) in [6.07, 6.45) is 0. The molecule has 0 N–H and O–H groups in total. The number of rotatable bonds is 2. The van der Waals surface area contributed by atoms with Gasteiger partial charge in [0.2, 0.25) is 0 Å². The van der Waals surface area contributed by atoms with Crippen molar-refractivity contribution in [2.24, 2.45) is 0 Å². The molecular weight excluding hydrogens is 200 g/mol. The van der Waals surface area contributed by atoms with Crippen molar-refractivity contribution in [3.63, 3.8) is 0 Å². The van der Waals surface area contributed by atoms with Gasteiger partial charge in [-0.1, -0.05) is 58.9 Å². The third kappa shape index (κ3) is 2.43. The van der Waals surface area contributed by atoms with Gasteiger partial charge in [-0.3, -0.25) is 0 Å². The first-order valence-electron chi connectivity index (χ1n) is 5.48. The zero-order chi connectivity index (χ0) is 12.6. The second-order valence-corrected chi connectivity index (χ2v) is 5.74. The average molecular weight is 219 g/mol. The highest BCUT2D eigenvalue weighted by molar-refractivity contribution is 5.78. The number of aliphatic carboxylic acids is 1. The Morgan fingerprint density at radius 1 is 0.938 bits per heavy atom. The van der Waals surface area contributed by atoms with Crippen LogP contribution in [0.15, 0.2) is 24.3 Å². The Bertz CT molecular complexity index is 380. The lowest BCUT2D eigenvalue weighted by Crippen LogP contribution is -2.41. The molecular formula is C14H19O2-. The Morgan fingerprint density at radius 2 is 1.31 bits per heavy atom. The van der Waals surface area contributed by atoms with Crippen LogP contribution >= 0.6 is 0 Å². The van der Waals surface area contributed by atoms with Crippen molar-refractivity contribution < 1.29 is 9.90 Å². The molecule has 1 aromatic rings. The van der Waals surface area contributed by atoms with E-state index in [0.29, 0.717) is 0 Å². The molecule has 2 heteroatoms. The van der Waals surface area contributed by atoms with Crippen LogP contribution in [0.25, 0.3) is 0 Å². The lowest BCUT2D eigenvalue weighted by atomic mass is 9.81. The minimum Gasteiger partial charge on any atom is -0.549 e. The third-order valence-corrected chi connectivity index (χ3v) is 2.98. The van der Waals surface area contributed by atoms with Gasteiger partial charge >= 0.3 is 0 Å². The van der Waals surface area contributed by atoms with E-state index in [-0.39, 0.29) is 5.41 Å². The van der Waals surface area contributed by atoms with Crippen molar-refractivity contribution in [1.82, 2.24) is 0 Å². The quantitative estimate of drug-likeness (QED) is 0.763. The van der Waals surface area contributed by atoms with Gasteiger partial charge in [-0.15, -0.1) is 0 Å². The topological polar surface area (TPSA) is 40.1 Å². The van der Waals surface area contributed by atoms with Crippen LogP contribution in [0.1, 0.15) is 45.7 Å². The molecule has 0 aliphatic rings. The summed E-state index contributed by atoms with van der Waals surface area (Å²) in [5, 5.41) is 11.0. The van der Waals surface area contributed by atoms with Crippen LogP contribution in [0.3, 0.4) is 0 Å². The number of carbonyl (C=O) groups is 1. The molecule has 0 unspecified atom stereocenters. The minimum absolute atomic E-state index is 0.0874. The van der Waals surface area contributed by atoms with Gasteiger partial charge in [0.05, 0.1) is 5.97 Å². The molecule has 1 aromatic carbocycles. The zero-order valence-electron chi connectivity index (χ0n) is 10.6. The number of hydrogen-bond donors (Lipinski definition) is 0. The van der Waals surface area contributed by atoms with Crippen LogP contribution in [-0.4, -0.2) is 5.97 Å². The highest BCUT2D eigenvalue weighted by atomic mass is 16.4. The maximum Gasteiger partial charge on any atom is 0.0514 e. The van der Waals surface area contributed by atoms with Gasteiger partial charge < -0.3 is 9.90 Å². The highest BCUT2D eigenvalue weighted by Gasteiger charge is 2.22. The van der Waals surface area contributed by atoms with Crippen LogP contribution < -0.4 is 5.11 Å². The molecule has 0 spiro atoms. The van der Waals surface area contributed by atoms with Gasteiger partial charge in [-0.2, -0.15) is 0 Å². The standard InChI is InChI=1S/C14H20O2/c1-13(2,3)10-6-8-11(9-7-10)14(4,5)12(15)16/h6-9H,1-5H3,(H,15,16)/p-1. The predicted octanol–water partition coefficient (Wildman–Crippen LogP) is 2.01. The molecule has 0 bridgehead atoms. The number of benzene rings is 1. The van der Waals surface area contributed by atoms with Crippen LogP contribution in [-0.2, 0) is 15.6 Å². The summed E-state index contributed by atoms with van der Waals surface area (Å²) in [6.45, 7) is 9.71. The second kappa shape index (κ2) is 3.93. The lowest BCUT2D eigenvalue weighted by Gasteiger charge is -2.27. The number of hydrogen-bond acceptors (Lipinski definition) is 2. The molecule has 2 nitrogen and oxygen atoms in total. The Morgan fingerprint density at radius 3 is 1.62 bits per heavy atom. The van der Waals surface area contributed by atoms with Crippen LogP contribution in [0, 0.1) is 0 Å². The highest BCUT2D eigenvalue weighted by Crippen LogP contribution is 2.27. The molecule has 0 radical (unpaired) electrons. The number of carbonyl (C=O) groups excluding carboxylic acids is 1. The Hall–Kier alpha value is -1.31. The van der Waals surface area contributed by atoms with Crippen molar-refractivity contribution in [3.05, 3.63) is 35.4 Å². The molecule has 0 aromatic heterocycles. The molecule has 0 heterocycles. The van der Waals surface area contributed by atoms with Gasteiger partial charge in [0.1, 0.15) is 0 Å². The van der Waals surface area contributed by atoms with E-state index < -0.39 is 11.4 Å². The molecule has 0 aliphatic heterocycles. The van der Waals surface area contributed by atoms with E-state index in [9.17, 15) is 9.90 Å². The third-order valence-electron chi connectivity index (χ3n) is 2.98. The van der Waals surface area contributed by atoms with E-state index in [2.05, 4.69) is 20.8 Å². The molecule has 0 aliphatic carbocycles. The Labute approximate surface area is 97.3 Å². The Kier molecular flexibility index (Phi) is 3.13. The first-order valence-corrected chi connectivity index (χ1v) is 5.48. The average Bonchev–Trinajstić information content (AvgIpc) is 2.16. The fourth-order valence-corrected chi connectivity index (χ4v) is 1.50. The van der Waals surface area contributed by atoms with E-state index in [0.717, 1.165) is 5.56 Å². The van der Waals surface area contributed by atoms with Gasteiger partial charge in [0.25, 0.3) is 0 Å². The second-order valence-electron chi connectivity index (χ2n) is 5.74.